The van der Waals surface area contributed by atoms with Crippen molar-refractivity contribution in [3.05, 3.63) is 28.8 Å². The zero-order valence-corrected chi connectivity index (χ0v) is 11.8. The van der Waals surface area contributed by atoms with Crippen LogP contribution in [0.4, 0.5) is 0 Å². The molecule has 18 heavy (non-hydrogen) atoms. The molecule has 1 unspecified atom stereocenters. The van der Waals surface area contributed by atoms with Crippen LogP contribution < -0.4 is 10.1 Å². The first-order valence-corrected chi connectivity index (χ1v) is 6.73. The van der Waals surface area contributed by atoms with Crippen molar-refractivity contribution in [2.75, 3.05) is 20.3 Å². The molecule has 3 nitrogen and oxygen atoms in total. The molecule has 102 valence electrons. The molecule has 0 saturated heterocycles. The molecule has 2 N–H and O–H groups in total. The molecular weight excluding hydrogens is 250 g/mol. The van der Waals surface area contributed by atoms with Gasteiger partial charge in [-0.05, 0) is 37.1 Å². The fraction of sp³-hybridized carbons (Fsp3) is 0.571. The number of aliphatic hydroxyl groups excluding tert-OH is 1. The van der Waals surface area contributed by atoms with Crippen molar-refractivity contribution >= 4 is 11.6 Å². The highest BCUT2D eigenvalue weighted by Gasteiger charge is 2.07. The van der Waals surface area contributed by atoms with Gasteiger partial charge in [0.25, 0.3) is 0 Å². The van der Waals surface area contributed by atoms with Crippen molar-refractivity contribution < 1.29 is 9.84 Å². The monoisotopic (exact) mass is 271 g/mol. The number of methoxy groups -OCH3 is 1. The van der Waals surface area contributed by atoms with Gasteiger partial charge in [0.2, 0.25) is 0 Å². The van der Waals surface area contributed by atoms with Gasteiger partial charge in [-0.2, -0.15) is 0 Å². The van der Waals surface area contributed by atoms with Crippen molar-refractivity contribution in [1.29, 1.82) is 0 Å². The molecule has 0 aliphatic rings. The molecule has 0 spiro atoms. The van der Waals surface area contributed by atoms with Crippen LogP contribution in [0.2, 0.25) is 5.02 Å². The second-order valence-corrected chi connectivity index (χ2v) is 4.81. The molecule has 0 radical (unpaired) electrons. The summed E-state index contributed by atoms with van der Waals surface area (Å²) in [6, 6.07) is 5.62. The van der Waals surface area contributed by atoms with Crippen LogP contribution in [0.15, 0.2) is 18.2 Å². The van der Waals surface area contributed by atoms with Crippen LogP contribution in [-0.4, -0.2) is 25.4 Å². The van der Waals surface area contributed by atoms with E-state index in [0.29, 0.717) is 5.92 Å². The van der Waals surface area contributed by atoms with Gasteiger partial charge in [0.1, 0.15) is 5.75 Å². The fourth-order valence-corrected chi connectivity index (χ4v) is 2.12. The molecule has 1 aromatic rings. The summed E-state index contributed by atoms with van der Waals surface area (Å²) >= 11 is 5.98. The zero-order valence-electron chi connectivity index (χ0n) is 11.1. The van der Waals surface area contributed by atoms with E-state index in [-0.39, 0.29) is 6.61 Å². The van der Waals surface area contributed by atoms with E-state index in [1.54, 1.807) is 7.11 Å². The smallest absolute Gasteiger partial charge is 0.123 e. The van der Waals surface area contributed by atoms with Crippen LogP contribution >= 0.6 is 11.6 Å². The number of benzene rings is 1. The summed E-state index contributed by atoms with van der Waals surface area (Å²) in [6.45, 7) is 4.01. The maximum Gasteiger partial charge on any atom is 0.123 e. The minimum absolute atomic E-state index is 0.251. The molecule has 0 amide bonds. The third-order valence-corrected chi connectivity index (χ3v) is 3.34. The molecule has 1 atom stereocenters. The number of rotatable bonds is 8. The Balaban J connectivity index is 2.49. The van der Waals surface area contributed by atoms with Crippen LogP contribution in [0.5, 0.6) is 5.75 Å². The van der Waals surface area contributed by atoms with Crippen LogP contribution in [0.25, 0.3) is 0 Å². The molecule has 4 heteroatoms. The van der Waals surface area contributed by atoms with E-state index in [2.05, 4.69) is 12.2 Å². The average Bonchev–Trinajstić information content (AvgIpc) is 2.38. The standard InChI is InChI=1S/C14H22ClNO2/c1-3-11(6-7-17)9-16-10-12-8-13(15)4-5-14(12)18-2/h4-5,8,11,16-17H,3,6-7,9-10H2,1-2H3. The number of ether oxygens (including phenoxy) is 1. The molecule has 0 fully saturated rings. The SMILES string of the molecule is CCC(CCO)CNCc1cc(Cl)ccc1OC. The van der Waals surface area contributed by atoms with E-state index < -0.39 is 0 Å². The molecule has 0 heterocycles. The Hall–Kier alpha value is -0.770. The molecule has 1 rings (SSSR count). The first-order valence-electron chi connectivity index (χ1n) is 6.35. The zero-order chi connectivity index (χ0) is 13.4. The number of hydrogen-bond acceptors (Lipinski definition) is 3. The topological polar surface area (TPSA) is 41.5 Å². The summed E-state index contributed by atoms with van der Waals surface area (Å²) in [5, 5.41) is 13.0. The van der Waals surface area contributed by atoms with E-state index in [9.17, 15) is 0 Å². The second kappa shape index (κ2) is 8.35. The fourth-order valence-electron chi connectivity index (χ4n) is 1.93. The van der Waals surface area contributed by atoms with Gasteiger partial charge in [-0.15, -0.1) is 0 Å². The Morgan fingerprint density at radius 2 is 2.22 bits per heavy atom. The lowest BCUT2D eigenvalue weighted by molar-refractivity contribution is 0.251. The van der Waals surface area contributed by atoms with E-state index in [4.69, 9.17) is 21.4 Å². The van der Waals surface area contributed by atoms with Gasteiger partial charge in [-0.25, -0.2) is 0 Å². The first-order chi connectivity index (χ1) is 8.71. The number of nitrogens with one attached hydrogen (secondary N) is 1. The lowest BCUT2D eigenvalue weighted by Crippen LogP contribution is -2.23. The van der Waals surface area contributed by atoms with Gasteiger partial charge >= 0.3 is 0 Å². The van der Waals surface area contributed by atoms with Crippen molar-refractivity contribution in [3.8, 4) is 5.75 Å². The van der Waals surface area contributed by atoms with Crippen molar-refractivity contribution in [2.24, 2.45) is 5.92 Å². The van der Waals surface area contributed by atoms with Crippen molar-refractivity contribution in [3.63, 3.8) is 0 Å². The average molecular weight is 272 g/mol. The summed E-state index contributed by atoms with van der Waals surface area (Å²) in [6.07, 6.45) is 1.91. The van der Waals surface area contributed by atoms with Gasteiger partial charge in [0.15, 0.2) is 0 Å². The molecule has 0 bridgehead atoms. The predicted octanol–water partition coefficient (Wildman–Crippen LogP) is 2.85. The van der Waals surface area contributed by atoms with E-state index in [1.165, 1.54) is 0 Å². The summed E-state index contributed by atoms with van der Waals surface area (Å²) in [4.78, 5) is 0. The highest BCUT2D eigenvalue weighted by molar-refractivity contribution is 6.30. The van der Waals surface area contributed by atoms with E-state index in [1.807, 2.05) is 18.2 Å². The Bertz CT molecular complexity index is 358. The minimum atomic E-state index is 0.251. The number of hydrogen-bond donors (Lipinski definition) is 2. The van der Waals surface area contributed by atoms with Gasteiger partial charge in [-0.3, -0.25) is 0 Å². The van der Waals surface area contributed by atoms with Crippen LogP contribution in [0.3, 0.4) is 0 Å². The Morgan fingerprint density at radius 3 is 2.83 bits per heavy atom. The van der Waals surface area contributed by atoms with Crippen LogP contribution in [0, 0.1) is 5.92 Å². The van der Waals surface area contributed by atoms with Crippen LogP contribution in [0.1, 0.15) is 25.3 Å². The van der Waals surface area contributed by atoms with Crippen LogP contribution in [-0.2, 0) is 6.54 Å². The lowest BCUT2D eigenvalue weighted by atomic mass is 10.0. The highest BCUT2D eigenvalue weighted by atomic mass is 35.5. The molecule has 0 saturated carbocycles. The van der Waals surface area contributed by atoms with Crippen molar-refractivity contribution in [2.45, 2.75) is 26.3 Å². The predicted molar refractivity (Wildman–Crippen MR) is 75.2 cm³/mol. The molecular formula is C14H22ClNO2. The maximum absolute atomic E-state index is 8.94. The summed E-state index contributed by atoms with van der Waals surface area (Å²) in [7, 11) is 1.66. The largest absolute Gasteiger partial charge is 0.496 e. The first kappa shape index (κ1) is 15.3. The summed E-state index contributed by atoms with van der Waals surface area (Å²) in [5.41, 5.74) is 1.06. The Labute approximate surface area is 114 Å². The number of halogens is 1. The highest BCUT2D eigenvalue weighted by Crippen LogP contribution is 2.22. The van der Waals surface area contributed by atoms with E-state index >= 15 is 0 Å². The third-order valence-electron chi connectivity index (χ3n) is 3.11. The summed E-state index contributed by atoms with van der Waals surface area (Å²) in [5.74, 6) is 1.36. The Kier molecular flexibility index (Phi) is 7.09. The molecule has 0 aromatic heterocycles. The molecule has 1 aromatic carbocycles. The maximum atomic E-state index is 8.94. The Morgan fingerprint density at radius 1 is 1.44 bits per heavy atom. The van der Waals surface area contributed by atoms with Crippen molar-refractivity contribution in [1.82, 2.24) is 5.32 Å². The summed E-state index contributed by atoms with van der Waals surface area (Å²) < 4.78 is 5.29. The lowest BCUT2D eigenvalue weighted by Gasteiger charge is -2.15. The van der Waals surface area contributed by atoms with Gasteiger partial charge in [-0.1, -0.05) is 24.9 Å². The quantitative estimate of drug-likeness (QED) is 0.764. The molecule has 0 aliphatic heterocycles. The van der Waals surface area contributed by atoms with Gasteiger partial charge < -0.3 is 15.2 Å². The van der Waals surface area contributed by atoms with E-state index in [0.717, 1.165) is 42.3 Å². The number of aliphatic hydroxyl groups is 1. The van der Waals surface area contributed by atoms with Gasteiger partial charge in [0, 0.05) is 23.7 Å². The third kappa shape index (κ3) is 4.84. The second-order valence-electron chi connectivity index (χ2n) is 4.37. The van der Waals surface area contributed by atoms with Gasteiger partial charge in [0.05, 0.1) is 7.11 Å². The molecule has 0 aliphatic carbocycles. The normalized spacial score (nSPS) is 12.4. The minimum Gasteiger partial charge on any atom is -0.496 e.